The molecule has 0 spiro atoms. The Labute approximate surface area is 322 Å². The third kappa shape index (κ3) is 9.37. The van der Waals surface area contributed by atoms with Gasteiger partial charge in [0.1, 0.15) is 85.5 Å². The SMILES string of the molecule is CC1C(O)[C@H](O)[C@H](CO)O[C@H]1O[C@@H]1C(O)[C@H](O)C(CO)O[C@@H]1OCC1O[C@@H](O[C@@H]2C(CO)O[C@@H](O[C@@H]3C(CO)O[C@@H](C)[C@@H](C)C3O)[C@@H](C)C2O)[C@H](O)C(O)[C@@H]1O. The average molecular weight is 821 g/mol. The van der Waals surface area contributed by atoms with Crippen LogP contribution in [0, 0.1) is 17.8 Å². The molecule has 25 atom stereocenters. The van der Waals surface area contributed by atoms with Crippen molar-refractivity contribution < 1.29 is 109 Å². The van der Waals surface area contributed by atoms with Crippen molar-refractivity contribution in [2.45, 2.75) is 163 Å². The minimum absolute atomic E-state index is 0.380. The van der Waals surface area contributed by atoms with Crippen molar-refractivity contribution in [2.24, 2.45) is 17.8 Å². The smallest absolute Gasteiger partial charge is 0.187 e. The van der Waals surface area contributed by atoms with Crippen LogP contribution in [0.2, 0.25) is 0 Å². The maximum absolute atomic E-state index is 11.4. The highest BCUT2D eigenvalue weighted by Gasteiger charge is 2.54. The predicted octanol–water partition coefficient (Wildman–Crippen LogP) is -7.03. The van der Waals surface area contributed by atoms with Crippen LogP contribution in [0.1, 0.15) is 27.7 Å². The molecule has 328 valence electrons. The lowest BCUT2D eigenvalue weighted by molar-refractivity contribution is -0.376. The van der Waals surface area contributed by atoms with Crippen molar-refractivity contribution in [3.8, 4) is 0 Å². The molecule has 10 unspecified atom stereocenters. The van der Waals surface area contributed by atoms with Gasteiger partial charge in [-0.1, -0.05) is 20.8 Å². The van der Waals surface area contributed by atoms with Gasteiger partial charge in [0.15, 0.2) is 25.2 Å². The summed E-state index contributed by atoms with van der Waals surface area (Å²) in [7, 11) is 0. The van der Waals surface area contributed by atoms with E-state index in [1.165, 1.54) is 13.8 Å². The van der Waals surface area contributed by atoms with Gasteiger partial charge < -0.3 is 109 Å². The molecule has 5 fully saturated rings. The number of aliphatic hydroxyl groups excluding tert-OH is 13. The fraction of sp³-hybridized carbons (Fsp3) is 1.00. The number of hydrogen-bond acceptors (Lipinski definition) is 22. The largest absolute Gasteiger partial charge is 0.394 e. The predicted molar refractivity (Wildman–Crippen MR) is 179 cm³/mol. The normalized spacial score (nSPS) is 53.2. The summed E-state index contributed by atoms with van der Waals surface area (Å²) in [6.07, 6.45) is -31.6. The molecular weight excluding hydrogens is 760 g/mol. The second-order valence-corrected chi connectivity index (χ2v) is 15.4. The molecule has 5 aliphatic heterocycles. The van der Waals surface area contributed by atoms with E-state index in [2.05, 4.69) is 0 Å². The van der Waals surface area contributed by atoms with E-state index in [1.54, 1.807) is 13.8 Å². The van der Waals surface area contributed by atoms with Gasteiger partial charge >= 0.3 is 0 Å². The number of hydrogen-bond donors (Lipinski definition) is 13. The van der Waals surface area contributed by atoms with Gasteiger partial charge in [0, 0.05) is 17.8 Å². The van der Waals surface area contributed by atoms with Gasteiger partial charge in [0.05, 0.1) is 57.5 Å². The third-order valence-electron chi connectivity index (χ3n) is 11.7. The lowest BCUT2D eigenvalue weighted by Crippen LogP contribution is -2.65. The molecule has 0 saturated carbocycles. The van der Waals surface area contributed by atoms with E-state index in [4.69, 9.17) is 42.6 Å². The fourth-order valence-electron chi connectivity index (χ4n) is 7.65. The van der Waals surface area contributed by atoms with Crippen LogP contribution in [0.5, 0.6) is 0 Å². The Morgan fingerprint density at radius 1 is 0.357 bits per heavy atom. The summed E-state index contributed by atoms with van der Waals surface area (Å²) in [4.78, 5) is 0. The van der Waals surface area contributed by atoms with Crippen LogP contribution in [0.15, 0.2) is 0 Å². The van der Waals surface area contributed by atoms with Gasteiger partial charge in [0.2, 0.25) is 0 Å². The monoisotopic (exact) mass is 820 g/mol. The van der Waals surface area contributed by atoms with E-state index in [0.717, 1.165) is 0 Å². The van der Waals surface area contributed by atoms with Gasteiger partial charge in [-0.2, -0.15) is 0 Å². The Bertz CT molecular complexity index is 1200. The molecule has 0 bridgehead atoms. The summed E-state index contributed by atoms with van der Waals surface area (Å²) in [5.41, 5.74) is 0. The van der Waals surface area contributed by atoms with Crippen LogP contribution in [-0.2, 0) is 42.6 Å². The number of aliphatic hydroxyl groups is 13. The first kappa shape index (κ1) is 46.2. The first-order chi connectivity index (χ1) is 26.5. The molecule has 5 saturated heterocycles. The Balaban J connectivity index is 1.27. The Morgan fingerprint density at radius 3 is 1.34 bits per heavy atom. The van der Waals surface area contributed by atoms with Crippen molar-refractivity contribution in [2.75, 3.05) is 33.0 Å². The Morgan fingerprint density at radius 2 is 0.768 bits per heavy atom. The highest BCUT2D eigenvalue weighted by atomic mass is 16.8. The first-order valence-electron chi connectivity index (χ1n) is 18.9. The van der Waals surface area contributed by atoms with Crippen LogP contribution >= 0.6 is 0 Å². The first-order valence-corrected chi connectivity index (χ1v) is 18.9. The van der Waals surface area contributed by atoms with Gasteiger partial charge in [-0.15, -0.1) is 0 Å². The molecule has 0 aliphatic carbocycles. The molecule has 0 radical (unpaired) electrons. The summed E-state index contributed by atoms with van der Waals surface area (Å²) >= 11 is 0. The quantitative estimate of drug-likeness (QED) is 0.0821. The lowest BCUT2D eigenvalue weighted by atomic mass is 9.88. The fourth-order valence-corrected chi connectivity index (χ4v) is 7.65. The molecular formula is C34H60O22. The molecule has 0 amide bonds. The standard InChI is InChI=1S/C34H60O22/c1-10-13(4)49-16(7-37)28(20(10)40)54-32-12(3)21(41)29(17(8-38)52-32)55-33-27(47)25(45)24(44)18(53-33)9-48-34-30(26(46)23(43)15(6-36)51-34)56-31-11(2)19(39)22(42)14(5-35)50-31/h10-47H,5-9H2,1-4H3/t10-,11?,12+,13+,14+,15?,16?,17?,18?,19?,20?,21?,22-,23-,24-,25?,26?,27-,28-,29-,30-,31+,32+,33+,34+/m1/s1. The zero-order valence-corrected chi connectivity index (χ0v) is 31.5. The maximum Gasteiger partial charge on any atom is 0.187 e. The van der Waals surface area contributed by atoms with Crippen LogP contribution in [-0.4, -0.2) is 234 Å². The molecule has 56 heavy (non-hydrogen) atoms. The number of ether oxygens (including phenoxy) is 9. The molecule has 5 rings (SSSR count). The van der Waals surface area contributed by atoms with Crippen LogP contribution in [0.25, 0.3) is 0 Å². The van der Waals surface area contributed by atoms with E-state index in [0.29, 0.717) is 0 Å². The van der Waals surface area contributed by atoms with Crippen molar-refractivity contribution >= 4 is 0 Å². The Hall–Kier alpha value is -0.880. The average Bonchev–Trinajstić information content (AvgIpc) is 3.19. The maximum atomic E-state index is 11.4. The van der Waals surface area contributed by atoms with Crippen molar-refractivity contribution in [1.29, 1.82) is 0 Å². The second-order valence-electron chi connectivity index (χ2n) is 15.4. The second kappa shape index (κ2) is 19.7. The molecule has 5 heterocycles. The molecule has 22 heteroatoms. The van der Waals surface area contributed by atoms with E-state index in [9.17, 15) is 66.4 Å². The third-order valence-corrected chi connectivity index (χ3v) is 11.7. The van der Waals surface area contributed by atoms with E-state index >= 15 is 0 Å². The minimum atomic E-state index is -1.92. The van der Waals surface area contributed by atoms with E-state index in [-0.39, 0.29) is 5.92 Å². The summed E-state index contributed by atoms with van der Waals surface area (Å²) in [6.45, 7) is 3.10. The molecule has 0 aromatic carbocycles. The topological polar surface area (TPSA) is 346 Å². The Kier molecular flexibility index (Phi) is 16.2. The van der Waals surface area contributed by atoms with Crippen LogP contribution in [0.3, 0.4) is 0 Å². The van der Waals surface area contributed by atoms with Crippen LogP contribution < -0.4 is 0 Å². The van der Waals surface area contributed by atoms with Gasteiger partial charge in [-0.3, -0.25) is 0 Å². The van der Waals surface area contributed by atoms with Crippen molar-refractivity contribution in [3.05, 3.63) is 0 Å². The molecule has 0 aromatic rings. The van der Waals surface area contributed by atoms with E-state index in [1.807, 2.05) is 0 Å². The van der Waals surface area contributed by atoms with Crippen LogP contribution in [0.4, 0.5) is 0 Å². The molecule has 5 aliphatic rings. The molecule has 13 N–H and O–H groups in total. The number of rotatable bonds is 13. The van der Waals surface area contributed by atoms with Gasteiger partial charge in [-0.05, 0) is 6.92 Å². The lowest BCUT2D eigenvalue weighted by Gasteiger charge is -2.49. The van der Waals surface area contributed by atoms with E-state index < -0.39 is 180 Å². The van der Waals surface area contributed by atoms with Crippen molar-refractivity contribution in [1.82, 2.24) is 0 Å². The highest BCUT2D eigenvalue weighted by molar-refractivity contribution is 4.97. The summed E-state index contributed by atoms with van der Waals surface area (Å²) < 4.78 is 52.3. The van der Waals surface area contributed by atoms with Gasteiger partial charge in [0.25, 0.3) is 0 Å². The zero-order chi connectivity index (χ0) is 41.3. The minimum Gasteiger partial charge on any atom is -0.394 e. The molecule has 22 nitrogen and oxygen atoms in total. The summed E-state index contributed by atoms with van der Waals surface area (Å²) in [5, 5.41) is 137. The highest BCUT2D eigenvalue weighted by Crippen LogP contribution is 2.37. The summed E-state index contributed by atoms with van der Waals surface area (Å²) in [6, 6.07) is 0. The van der Waals surface area contributed by atoms with Crippen molar-refractivity contribution in [3.63, 3.8) is 0 Å². The van der Waals surface area contributed by atoms with Gasteiger partial charge in [-0.25, -0.2) is 0 Å². The molecule has 0 aromatic heterocycles. The zero-order valence-electron chi connectivity index (χ0n) is 31.5. The summed E-state index contributed by atoms with van der Waals surface area (Å²) in [5.74, 6) is -2.22.